The smallest absolute Gasteiger partial charge is 0.305 e. The average molecular weight is 275 g/mol. The molecule has 1 rings (SSSR count). The van der Waals surface area contributed by atoms with Crippen molar-refractivity contribution < 1.29 is 17.9 Å². The third kappa shape index (κ3) is 4.84. The van der Waals surface area contributed by atoms with Crippen molar-refractivity contribution in [2.45, 2.75) is 26.3 Å². The number of carbonyl (C=O) groups is 1. The van der Waals surface area contributed by atoms with E-state index in [4.69, 9.17) is 0 Å². The van der Waals surface area contributed by atoms with E-state index in [1.807, 2.05) is 6.92 Å². The maximum absolute atomic E-state index is 11.6. The lowest BCUT2D eigenvalue weighted by Crippen LogP contribution is -2.26. The van der Waals surface area contributed by atoms with Crippen molar-refractivity contribution in [2.75, 3.05) is 12.9 Å². The molecule has 0 aliphatic heterocycles. The van der Waals surface area contributed by atoms with Crippen LogP contribution >= 0.6 is 0 Å². The molecular formula is C10H17N3O4S. The number of hydrogen-bond donors (Lipinski definition) is 2. The zero-order valence-corrected chi connectivity index (χ0v) is 11.2. The van der Waals surface area contributed by atoms with Crippen LogP contribution in [0.4, 0.5) is 0 Å². The first-order valence-corrected chi connectivity index (χ1v) is 7.13. The van der Waals surface area contributed by atoms with Gasteiger partial charge >= 0.3 is 5.97 Å². The Hall–Kier alpha value is -1.41. The van der Waals surface area contributed by atoms with Crippen molar-refractivity contribution in [2.24, 2.45) is 0 Å². The topological polar surface area (TPSA) is 101 Å². The minimum Gasteiger partial charge on any atom is -0.469 e. The molecule has 1 aromatic rings. The monoisotopic (exact) mass is 275 g/mol. The second-order valence-corrected chi connectivity index (χ2v) is 5.77. The van der Waals surface area contributed by atoms with Gasteiger partial charge in [-0.25, -0.2) is 13.1 Å². The molecular weight excluding hydrogens is 258 g/mol. The summed E-state index contributed by atoms with van der Waals surface area (Å²) in [5, 5.41) is 6.52. The van der Waals surface area contributed by atoms with Crippen LogP contribution in [-0.2, 0) is 26.1 Å². The van der Waals surface area contributed by atoms with E-state index in [9.17, 15) is 13.2 Å². The highest BCUT2D eigenvalue weighted by molar-refractivity contribution is 7.89. The van der Waals surface area contributed by atoms with Gasteiger partial charge in [0, 0.05) is 24.2 Å². The molecule has 0 radical (unpaired) electrons. The predicted octanol–water partition coefficient (Wildman–Crippen LogP) is 0.0907. The molecule has 0 aromatic carbocycles. The molecule has 0 amide bonds. The van der Waals surface area contributed by atoms with E-state index in [1.54, 1.807) is 6.20 Å². The lowest BCUT2D eigenvalue weighted by atomic mass is 10.3. The molecule has 8 heteroatoms. The van der Waals surface area contributed by atoms with Crippen molar-refractivity contribution in [1.82, 2.24) is 14.9 Å². The second-order valence-electron chi connectivity index (χ2n) is 3.84. The summed E-state index contributed by atoms with van der Waals surface area (Å²) in [6.07, 6.45) is 1.92. The third-order valence-corrected chi connectivity index (χ3v) is 3.85. The number of nitrogens with one attached hydrogen (secondary N) is 2. The Morgan fingerprint density at radius 3 is 2.83 bits per heavy atom. The molecule has 1 aromatic heterocycles. The summed E-state index contributed by atoms with van der Waals surface area (Å²) >= 11 is 0. The molecule has 102 valence electrons. The van der Waals surface area contributed by atoms with E-state index in [2.05, 4.69) is 19.7 Å². The second kappa shape index (κ2) is 6.50. The van der Waals surface area contributed by atoms with Crippen LogP contribution in [0.1, 0.15) is 24.1 Å². The minimum atomic E-state index is -3.38. The Bertz CT molecular complexity index is 495. The highest BCUT2D eigenvalue weighted by atomic mass is 32.2. The van der Waals surface area contributed by atoms with Crippen LogP contribution < -0.4 is 4.72 Å². The number of ether oxygens (including phenoxy) is 1. The Balaban J connectivity index is 2.36. The van der Waals surface area contributed by atoms with E-state index in [0.29, 0.717) is 0 Å². The van der Waals surface area contributed by atoms with Gasteiger partial charge in [-0.05, 0) is 13.3 Å². The van der Waals surface area contributed by atoms with Gasteiger partial charge in [-0.15, -0.1) is 0 Å². The number of rotatable bonds is 7. The first-order valence-electron chi connectivity index (χ1n) is 5.47. The Kier molecular flexibility index (Phi) is 5.29. The average Bonchev–Trinajstić information content (AvgIpc) is 2.72. The molecule has 0 spiro atoms. The van der Waals surface area contributed by atoms with Gasteiger partial charge in [0.1, 0.15) is 0 Å². The maximum Gasteiger partial charge on any atom is 0.305 e. The number of sulfonamides is 1. The van der Waals surface area contributed by atoms with Crippen LogP contribution in [0.15, 0.2) is 6.20 Å². The highest BCUT2D eigenvalue weighted by Crippen LogP contribution is 2.03. The largest absolute Gasteiger partial charge is 0.469 e. The van der Waals surface area contributed by atoms with Crippen molar-refractivity contribution in [3.63, 3.8) is 0 Å². The number of nitrogens with zero attached hydrogens (tertiary/aromatic N) is 1. The molecule has 0 saturated carbocycles. The first kappa shape index (κ1) is 14.7. The summed E-state index contributed by atoms with van der Waals surface area (Å²) in [5.74, 6) is -0.505. The van der Waals surface area contributed by atoms with Gasteiger partial charge < -0.3 is 4.74 Å². The third-order valence-electron chi connectivity index (χ3n) is 2.44. The fraction of sp³-hybridized carbons (Fsp3) is 0.600. The summed E-state index contributed by atoms with van der Waals surface area (Å²) in [6, 6.07) is 0. The van der Waals surface area contributed by atoms with E-state index in [-0.39, 0.29) is 25.1 Å². The lowest BCUT2D eigenvalue weighted by molar-refractivity contribution is -0.140. The van der Waals surface area contributed by atoms with E-state index in [1.165, 1.54) is 7.11 Å². The van der Waals surface area contributed by atoms with Crippen LogP contribution in [0.3, 0.4) is 0 Å². The summed E-state index contributed by atoms with van der Waals surface area (Å²) < 4.78 is 30.1. The fourth-order valence-corrected chi connectivity index (χ4v) is 2.37. The summed E-state index contributed by atoms with van der Waals surface area (Å²) in [4.78, 5) is 10.8. The summed E-state index contributed by atoms with van der Waals surface area (Å²) in [5.41, 5.74) is 1.62. The number of aromatic nitrogens is 2. The number of aromatic amines is 1. The SMILES string of the molecule is COC(=O)CCCS(=O)(=O)NCc1cn[nH]c1C. The zero-order valence-electron chi connectivity index (χ0n) is 10.4. The van der Waals surface area contributed by atoms with Crippen molar-refractivity contribution >= 4 is 16.0 Å². The normalized spacial score (nSPS) is 11.4. The number of methoxy groups -OCH3 is 1. The highest BCUT2D eigenvalue weighted by Gasteiger charge is 2.12. The predicted molar refractivity (Wildman–Crippen MR) is 65.2 cm³/mol. The van der Waals surface area contributed by atoms with Crippen LogP contribution in [0.5, 0.6) is 0 Å². The Morgan fingerprint density at radius 1 is 1.56 bits per heavy atom. The molecule has 0 aliphatic rings. The molecule has 0 atom stereocenters. The van der Waals surface area contributed by atoms with Crippen LogP contribution in [0.2, 0.25) is 0 Å². The molecule has 0 fully saturated rings. The number of H-pyrrole nitrogens is 1. The van der Waals surface area contributed by atoms with Gasteiger partial charge in [0.2, 0.25) is 10.0 Å². The van der Waals surface area contributed by atoms with E-state index >= 15 is 0 Å². The quantitative estimate of drug-likeness (QED) is 0.687. The van der Waals surface area contributed by atoms with Crippen LogP contribution in [-0.4, -0.2) is 37.4 Å². The Labute approximate surface area is 106 Å². The Morgan fingerprint density at radius 2 is 2.28 bits per heavy atom. The van der Waals surface area contributed by atoms with Gasteiger partial charge in [0.05, 0.1) is 19.1 Å². The summed E-state index contributed by atoms with van der Waals surface area (Å²) in [6.45, 7) is 2.01. The van der Waals surface area contributed by atoms with Crippen molar-refractivity contribution in [3.05, 3.63) is 17.5 Å². The minimum absolute atomic E-state index is 0.0982. The van der Waals surface area contributed by atoms with E-state index < -0.39 is 16.0 Å². The van der Waals surface area contributed by atoms with Gasteiger partial charge in [-0.3, -0.25) is 9.89 Å². The molecule has 18 heavy (non-hydrogen) atoms. The van der Waals surface area contributed by atoms with Gasteiger partial charge in [0.25, 0.3) is 0 Å². The molecule has 0 saturated heterocycles. The van der Waals surface area contributed by atoms with E-state index in [0.717, 1.165) is 11.3 Å². The van der Waals surface area contributed by atoms with Crippen molar-refractivity contribution in [1.29, 1.82) is 0 Å². The van der Waals surface area contributed by atoms with Gasteiger partial charge in [0.15, 0.2) is 0 Å². The van der Waals surface area contributed by atoms with Gasteiger partial charge in [-0.1, -0.05) is 0 Å². The molecule has 0 aliphatic carbocycles. The van der Waals surface area contributed by atoms with Crippen LogP contribution in [0, 0.1) is 6.92 Å². The van der Waals surface area contributed by atoms with Gasteiger partial charge in [-0.2, -0.15) is 5.10 Å². The number of esters is 1. The summed E-state index contributed by atoms with van der Waals surface area (Å²) in [7, 11) is -2.10. The number of aryl methyl sites for hydroxylation is 1. The number of hydrogen-bond acceptors (Lipinski definition) is 5. The fourth-order valence-electron chi connectivity index (χ4n) is 1.32. The van der Waals surface area contributed by atoms with Crippen molar-refractivity contribution in [3.8, 4) is 0 Å². The van der Waals surface area contributed by atoms with Crippen LogP contribution in [0.25, 0.3) is 0 Å². The standard InChI is InChI=1S/C10H17N3O4S/c1-8-9(6-11-13-8)7-12-18(15,16)5-3-4-10(14)17-2/h6,12H,3-5,7H2,1-2H3,(H,11,13). The lowest BCUT2D eigenvalue weighted by Gasteiger charge is -2.05. The maximum atomic E-state index is 11.6. The molecule has 2 N–H and O–H groups in total. The first-order chi connectivity index (χ1) is 8.44. The number of carbonyl (C=O) groups excluding carboxylic acids is 1. The molecule has 0 unspecified atom stereocenters. The molecule has 7 nitrogen and oxygen atoms in total. The molecule has 0 bridgehead atoms. The molecule has 1 heterocycles. The zero-order chi connectivity index (χ0) is 13.6.